The summed E-state index contributed by atoms with van der Waals surface area (Å²) in [5.74, 6) is -0.691. The molecule has 0 spiro atoms. The van der Waals surface area contributed by atoms with Crippen LogP contribution in [0.15, 0.2) is 97.1 Å². The van der Waals surface area contributed by atoms with E-state index in [-0.39, 0.29) is 11.9 Å². The minimum absolute atomic E-state index is 0.323. The standard InChI is InChI=1S/C33H29ClF3N3O3/c1-43-32(42)30(23-8-12-25(34)13-9-23)40-20-18-39(19-21-40)27-16-14-26(15-17-27)38-31(41)29-5-3-2-4-28(29)22-6-10-24(11-7-22)33(35,36)37/h2-17,30H,18-21H2,1H3,(H,38,41). The fraction of sp³-hybridized carbons (Fsp3) is 0.212. The molecule has 4 aromatic rings. The van der Waals surface area contributed by atoms with Crippen LogP contribution in [0.2, 0.25) is 5.02 Å². The number of nitrogens with zero attached hydrogens (tertiary/aromatic N) is 2. The topological polar surface area (TPSA) is 61.9 Å². The Morgan fingerprint density at radius 3 is 2.07 bits per heavy atom. The summed E-state index contributed by atoms with van der Waals surface area (Å²) >= 11 is 6.03. The molecule has 5 rings (SSSR count). The average Bonchev–Trinajstić information content (AvgIpc) is 3.02. The lowest BCUT2D eigenvalue weighted by Crippen LogP contribution is -2.49. The molecule has 1 N–H and O–H groups in total. The van der Waals surface area contributed by atoms with Crippen molar-refractivity contribution in [1.82, 2.24) is 4.90 Å². The Kier molecular flexibility index (Phi) is 9.03. The number of rotatable bonds is 7. The quantitative estimate of drug-likeness (QED) is 0.223. The van der Waals surface area contributed by atoms with Crippen LogP contribution in [0, 0.1) is 0 Å². The fourth-order valence-corrected chi connectivity index (χ4v) is 5.34. The first-order valence-corrected chi connectivity index (χ1v) is 14.0. The Bertz CT molecular complexity index is 1570. The van der Waals surface area contributed by atoms with Crippen molar-refractivity contribution in [2.45, 2.75) is 12.2 Å². The normalized spacial score (nSPS) is 14.7. The third-order valence-corrected chi connectivity index (χ3v) is 7.73. The van der Waals surface area contributed by atoms with E-state index in [9.17, 15) is 22.8 Å². The van der Waals surface area contributed by atoms with Crippen molar-refractivity contribution < 1.29 is 27.5 Å². The van der Waals surface area contributed by atoms with Crippen molar-refractivity contribution in [1.29, 1.82) is 0 Å². The van der Waals surface area contributed by atoms with Gasteiger partial charge in [0.1, 0.15) is 6.04 Å². The lowest BCUT2D eigenvalue weighted by atomic mass is 9.98. The van der Waals surface area contributed by atoms with Crippen molar-refractivity contribution in [3.8, 4) is 11.1 Å². The lowest BCUT2D eigenvalue weighted by molar-refractivity contribution is -0.147. The fourth-order valence-electron chi connectivity index (χ4n) is 5.22. The van der Waals surface area contributed by atoms with Gasteiger partial charge in [0.2, 0.25) is 0 Å². The summed E-state index contributed by atoms with van der Waals surface area (Å²) in [6.07, 6.45) is -4.43. The van der Waals surface area contributed by atoms with Crippen molar-refractivity contribution in [2.75, 3.05) is 43.5 Å². The number of anilines is 2. The molecule has 0 radical (unpaired) electrons. The summed E-state index contributed by atoms with van der Waals surface area (Å²) in [5.41, 5.74) is 3.04. The number of piperazine rings is 1. The summed E-state index contributed by atoms with van der Waals surface area (Å²) in [6.45, 7) is 2.66. The second-order valence-electron chi connectivity index (χ2n) is 10.1. The zero-order chi connectivity index (χ0) is 30.6. The predicted octanol–water partition coefficient (Wildman–Crippen LogP) is 7.31. The zero-order valence-corrected chi connectivity index (χ0v) is 24.0. The molecule has 10 heteroatoms. The molecule has 1 fully saturated rings. The number of ether oxygens (including phenoxy) is 1. The molecule has 1 unspecified atom stereocenters. The molecule has 1 amide bonds. The summed E-state index contributed by atoms with van der Waals surface area (Å²) in [4.78, 5) is 30.1. The number of carbonyl (C=O) groups is 2. The minimum atomic E-state index is -4.43. The van der Waals surface area contributed by atoms with Gasteiger partial charge in [-0.15, -0.1) is 0 Å². The molecule has 1 atom stereocenters. The predicted molar refractivity (Wildman–Crippen MR) is 161 cm³/mol. The number of nitrogens with one attached hydrogen (secondary N) is 1. The van der Waals surface area contributed by atoms with Gasteiger partial charge in [0.15, 0.2) is 0 Å². The maximum Gasteiger partial charge on any atom is 0.416 e. The SMILES string of the molecule is COC(=O)C(c1ccc(Cl)cc1)N1CCN(c2ccc(NC(=O)c3ccccc3-c3ccc(C(F)(F)F)cc3)cc2)CC1. The molecule has 43 heavy (non-hydrogen) atoms. The van der Waals surface area contributed by atoms with Gasteiger partial charge < -0.3 is 15.0 Å². The van der Waals surface area contributed by atoms with E-state index in [2.05, 4.69) is 15.1 Å². The van der Waals surface area contributed by atoms with E-state index in [0.29, 0.717) is 53.6 Å². The van der Waals surface area contributed by atoms with Crippen molar-refractivity contribution in [3.63, 3.8) is 0 Å². The molecule has 0 aromatic heterocycles. The first-order valence-electron chi connectivity index (χ1n) is 13.6. The van der Waals surface area contributed by atoms with Gasteiger partial charge in [-0.2, -0.15) is 13.2 Å². The van der Waals surface area contributed by atoms with Crippen LogP contribution in [0.25, 0.3) is 11.1 Å². The average molecular weight is 608 g/mol. The van der Waals surface area contributed by atoms with Crippen molar-refractivity contribution >= 4 is 34.9 Å². The molecule has 6 nitrogen and oxygen atoms in total. The minimum Gasteiger partial charge on any atom is -0.468 e. The number of amides is 1. The zero-order valence-electron chi connectivity index (χ0n) is 23.3. The summed E-state index contributed by atoms with van der Waals surface area (Å²) in [6, 6.07) is 25.7. The van der Waals surface area contributed by atoms with Crippen LogP contribution < -0.4 is 10.2 Å². The first kappa shape index (κ1) is 30.1. The monoisotopic (exact) mass is 607 g/mol. The van der Waals surface area contributed by atoms with E-state index < -0.39 is 17.8 Å². The second kappa shape index (κ2) is 12.9. The van der Waals surface area contributed by atoms with E-state index in [1.807, 2.05) is 36.4 Å². The molecule has 0 aliphatic carbocycles. The van der Waals surface area contributed by atoms with Crippen LogP contribution >= 0.6 is 11.6 Å². The Balaban J connectivity index is 1.23. The Labute approximate surface area is 252 Å². The van der Waals surface area contributed by atoms with Crippen LogP contribution in [0.1, 0.15) is 27.5 Å². The molecule has 1 aliphatic heterocycles. The number of halogens is 4. The van der Waals surface area contributed by atoms with E-state index in [0.717, 1.165) is 23.4 Å². The number of methoxy groups -OCH3 is 1. The first-order chi connectivity index (χ1) is 20.6. The Morgan fingerprint density at radius 1 is 0.837 bits per heavy atom. The number of hydrogen-bond donors (Lipinski definition) is 1. The summed E-state index contributed by atoms with van der Waals surface area (Å²) < 4.78 is 44.1. The Hall–Kier alpha value is -4.34. The number of benzene rings is 4. The molecule has 0 saturated carbocycles. The van der Waals surface area contributed by atoms with Gasteiger partial charge in [-0.05, 0) is 71.3 Å². The molecular weight excluding hydrogens is 579 g/mol. The van der Waals surface area contributed by atoms with Gasteiger partial charge in [0, 0.05) is 48.1 Å². The van der Waals surface area contributed by atoms with Gasteiger partial charge in [0.05, 0.1) is 12.7 Å². The maximum absolute atomic E-state index is 13.2. The van der Waals surface area contributed by atoms with Gasteiger partial charge in [-0.25, -0.2) is 4.79 Å². The number of carbonyl (C=O) groups excluding carboxylic acids is 2. The van der Waals surface area contributed by atoms with Crippen LogP contribution in [-0.2, 0) is 15.7 Å². The van der Waals surface area contributed by atoms with E-state index >= 15 is 0 Å². The summed E-state index contributed by atoms with van der Waals surface area (Å²) in [7, 11) is 1.38. The van der Waals surface area contributed by atoms with Crippen molar-refractivity contribution in [3.05, 3.63) is 119 Å². The highest BCUT2D eigenvalue weighted by molar-refractivity contribution is 6.30. The van der Waals surface area contributed by atoms with E-state index in [1.165, 1.54) is 19.2 Å². The highest BCUT2D eigenvalue weighted by atomic mass is 35.5. The van der Waals surface area contributed by atoms with Gasteiger partial charge in [-0.1, -0.05) is 54.1 Å². The molecule has 1 saturated heterocycles. The third kappa shape index (κ3) is 7.01. The van der Waals surface area contributed by atoms with Gasteiger partial charge >= 0.3 is 12.1 Å². The summed E-state index contributed by atoms with van der Waals surface area (Å²) in [5, 5.41) is 3.49. The van der Waals surface area contributed by atoms with Gasteiger partial charge in [0.25, 0.3) is 5.91 Å². The molecule has 0 bridgehead atoms. The molecule has 1 aliphatic rings. The Morgan fingerprint density at radius 2 is 1.47 bits per heavy atom. The molecule has 1 heterocycles. The number of alkyl halides is 3. The van der Waals surface area contributed by atoms with Crippen LogP contribution in [0.5, 0.6) is 0 Å². The second-order valence-corrected chi connectivity index (χ2v) is 10.6. The van der Waals surface area contributed by atoms with E-state index in [4.69, 9.17) is 16.3 Å². The largest absolute Gasteiger partial charge is 0.468 e. The molecule has 222 valence electrons. The molecular formula is C33H29ClF3N3O3. The third-order valence-electron chi connectivity index (χ3n) is 7.47. The highest BCUT2D eigenvalue weighted by Gasteiger charge is 2.32. The van der Waals surface area contributed by atoms with Crippen LogP contribution in [-0.4, -0.2) is 50.1 Å². The maximum atomic E-state index is 13.2. The van der Waals surface area contributed by atoms with E-state index in [1.54, 1.807) is 36.4 Å². The number of esters is 1. The van der Waals surface area contributed by atoms with Crippen LogP contribution in [0.4, 0.5) is 24.5 Å². The lowest BCUT2D eigenvalue weighted by Gasteiger charge is -2.39. The van der Waals surface area contributed by atoms with Crippen LogP contribution in [0.3, 0.4) is 0 Å². The van der Waals surface area contributed by atoms with Crippen molar-refractivity contribution in [2.24, 2.45) is 0 Å². The number of hydrogen-bond acceptors (Lipinski definition) is 5. The molecule has 4 aromatic carbocycles. The highest BCUT2D eigenvalue weighted by Crippen LogP contribution is 2.32. The smallest absolute Gasteiger partial charge is 0.416 e. The van der Waals surface area contributed by atoms with Gasteiger partial charge in [-0.3, -0.25) is 9.69 Å².